The summed E-state index contributed by atoms with van der Waals surface area (Å²) < 4.78 is 5.40. The number of thioether (sulfide) groups is 1. The van der Waals surface area contributed by atoms with E-state index in [1.54, 1.807) is 19.1 Å². The highest BCUT2D eigenvalue weighted by molar-refractivity contribution is 8.14. The van der Waals surface area contributed by atoms with E-state index in [0.717, 1.165) is 0 Å². The van der Waals surface area contributed by atoms with Crippen molar-refractivity contribution in [3.05, 3.63) is 28.2 Å². The van der Waals surface area contributed by atoms with E-state index in [-0.39, 0.29) is 43.0 Å². The van der Waals surface area contributed by atoms with E-state index in [1.165, 1.54) is 23.1 Å². The molecule has 0 radical (unpaired) electrons. The van der Waals surface area contributed by atoms with Gasteiger partial charge in [-0.1, -0.05) is 6.08 Å². The number of ether oxygens (including phenoxy) is 1. The van der Waals surface area contributed by atoms with Crippen LogP contribution in [0.4, 0.5) is 0 Å². The maximum Gasteiger partial charge on any atom is 0.326 e. The Morgan fingerprint density at radius 2 is 2.18 bits per heavy atom. The smallest absolute Gasteiger partial charge is 0.326 e. The van der Waals surface area contributed by atoms with Gasteiger partial charge in [0, 0.05) is 17.7 Å². The molecule has 0 fully saturated rings. The molecule has 2 aliphatic rings. The average Bonchev–Trinajstić information content (AvgIpc) is 3.42. The van der Waals surface area contributed by atoms with Crippen LogP contribution in [0.5, 0.6) is 0 Å². The zero-order valence-corrected chi connectivity index (χ0v) is 20.5. The van der Waals surface area contributed by atoms with Crippen molar-refractivity contribution in [2.24, 2.45) is 4.99 Å². The van der Waals surface area contributed by atoms with E-state index < -0.39 is 17.6 Å². The van der Waals surface area contributed by atoms with Gasteiger partial charge in [0.1, 0.15) is 33.9 Å². The first-order valence-corrected chi connectivity index (χ1v) is 12.7. The van der Waals surface area contributed by atoms with Crippen molar-refractivity contribution < 1.29 is 23.9 Å². The molecule has 3 N–H and O–H groups in total. The van der Waals surface area contributed by atoms with Crippen LogP contribution in [0, 0.1) is 0 Å². The zero-order valence-electron chi connectivity index (χ0n) is 18.0. The minimum atomic E-state index is -1.01. The van der Waals surface area contributed by atoms with Crippen molar-refractivity contribution >= 4 is 64.5 Å². The van der Waals surface area contributed by atoms with Gasteiger partial charge in [0.05, 0.1) is 18.7 Å². The number of esters is 1. The number of hydrogen-bond acceptors (Lipinski definition) is 10. The summed E-state index contributed by atoms with van der Waals surface area (Å²) in [5, 5.41) is 11.2. The van der Waals surface area contributed by atoms with Crippen LogP contribution in [0.15, 0.2) is 22.5 Å². The second kappa shape index (κ2) is 11.7. The predicted molar refractivity (Wildman–Crippen MR) is 129 cm³/mol. The Morgan fingerprint density at radius 3 is 2.97 bits per heavy atom. The van der Waals surface area contributed by atoms with E-state index in [1.807, 2.05) is 5.38 Å². The van der Waals surface area contributed by atoms with Gasteiger partial charge >= 0.3 is 5.97 Å². The molecule has 13 heteroatoms. The molecule has 3 amide bonds. The molecule has 33 heavy (non-hydrogen) atoms. The summed E-state index contributed by atoms with van der Waals surface area (Å²) in [4.78, 5) is 57.7. The fraction of sp³-hybridized carbons (Fsp3) is 0.500. The van der Waals surface area contributed by atoms with Crippen LogP contribution < -0.4 is 16.0 Å². The summed E-state index contributed by atoms with van der Waals surface area (Å²) in [5.74, 6) is -1.01. The number of nitrogens with zero attached hydrogens (tertiary/aromatic N) is 2. The molecule has 2 aliphatic heterocycles. The number of nitrogens with one attached hydrogen (secondary N) is 3. The lowest BCUT2D eigenvalue weighted by Gasteiger charge is -2.19. The van der Waals surface area contributed by atoms with Crippen molar-refractivity contribution in [3.8, 4) is 0 Å². The zero-order chi connectivity index (χ0) is 23.8. The lowest BCUT2D eigenvalue weighted by molar-refractivity contribution is -0.148. The van der Waals surface area contributed by atoms with Crippen LogP contribution in [-0.2, 0) is 30.5 Å². The van der Waals surface area contributed by atoms with Gasteiger partial charge in [-0.2, -0.15) is 12.6 Å². The third-order valence-corrected chi connectivity index (χ3v) is 7.14. The van der Waals surface area contributed by atoms with E-state index in [4.69, 9.17) is 4.74 Å². The fourth-order valence-corrected chi connectivity index (χ4v) is 5.00. The number of amides is 3. The highest BCUT2D eigenvalue weighted by atomic mass is 32.2. The number of cyclic esters (lactones) is 1. The van der Waals surface area contributed by atoms with E-state index in [9.17, 15) is 19.2 Å². The molecule has 0 aromatic carbocycles. The molecular formula is C20H25N5O5S3. The molecule has 0 unspecified atom stereocenters. The van der Waals surface area contributed by atoms with Crippen LogP contribution in [-0.4, -0.2) is 70.0 Å². The average molecular weight is 512 g/mol. The predicted octanol–water partition coefficient (Wildman–Crippen LogP) is 0.435. The third-order valence-electron chi connectivity index (χ3n) is 4.73. The minimum absolute atomic E-state index is 0.0856. The van der Waals surface area contributed by atoms with E-state index >= 15 is 0 Å². The van der Waals surface area contributed by atoms with Crippen LogP contribution >= 0.6 is 35.7 Å². The topological polar surface area (TPSA) is 139 Å². The second-order valence-corrected chi connectivity index (χ2v) is 9.75. The van der Waals surface area contributed by atoms with Gasteiger partial charge in [-0.25, -0.2) is 4.98 Å². The number of aliphatic imine (C=N–C) groups is 1. The van der Waals surface area contributed by atoms with Crippen LogP contribution in [0.2, 0.25) is 0 Å². The molecule has 4 bridgehead atoms. The molecule has 10 nitrogen and oxygen atoms in total. The molecule has 1 aromatic heterocycles. The molecule has 178 valence electrons. The van der Waals surface area contributed by atoms with Crippen molar-refractivity contribution in [2.45, 2.75) is 38.0 Å². The van der Waals surface area contributed by atoms with Gasteiger partial charge in [0.15, 0.2) is 0 Å². The number of aromatic nitrogens is 1. The van der Waals surface area contributed by atoms with Gasteiger partial charge < -0.3 is 20.7 Å². The number of fused-ring (bicyclic) bond motifs is 4. The number of thiazole rings is 1. The van der Waals surface area contributed by atoms with Gasteiger partial charge in [0.2, 0.25) is 17.7 Å². The first-order chi connectivity index (χ1) is 15.8. The first kappa shape index (κ1) is 25.2. The summed E-state index contributed by atoms with van der Waals surface area (Å²) in [6.45, 7) is 2.00. The van der Waals surface area contributed by atoms with Gasteiger partial charge in [-0.05, 0) is 19.4 Å². The Hall–Kier alpha value is -2.38. The lowest BCUT2D eigenvalue weighted by Crippen LogP contribution is -2.46. The van der Waals surface area contributed by atoms with Crippen molar-refractivity contribution in [1.29, 1.82) is 0 Å². The maximum absolute atomic E-state index is 12.7. The van der Waals surface area contributed by atoms with Gasteiger partial charge in [0.25, 0.3) is 0 Å². The van der Waals surface area contributed by atoms with Crippen LogP contribution in [0.1, 0.15) is 30.5 Å². The number of hydrogen-bond donors (Lipinski definition) is 4. The Bertz CT molecular complexity index is 979. The van der Waals surface area contributed by atoms with Crippen molar-refractivity contribution in [3.63, 3.8) is 0 Å². The Kier molecular flexibility index (Phi) is 8.92. The van der Waals surface area contributed by atoms with Crippen molar-refractivity contribution in [2.75, 3.05) is 24.6 Å². The molecule has 0 saturated heterocycles. The number of thiol groups is 1. The molecule has 0 saturated carbocycles. The number of carbonyl (C=O) groups excluding carboxylic acids is 4. The third kappa shape index (κ3) is 7.30. The quantitative estimate of drug-likeness (QED) is 0.195. The standard InChI is InChI=1S/C20H25N5O5S3/c1-20-11-33-18(25-20)13-10-32-16(24-13)7-22-14(26)6-12(30-17(28)8-23-19(20)29)4-2-3-5-21-15(27)9-31/h2,4,10,12,31H,3,5-9,11H2,1H3,(H,21,27)(H,22,26)(H,23,29)/b4-2+/t12-,20+/m1/s1. The SMILES string of the molecule is C[C@@]12CSC(=N1)c1csc(n1)CNC(=O)C[C@@H](/C=C/CCNC(=O)CS)OC(=O)CNC2=O. The number of rotatable bonds is 5. The monoisotopic (exact) mass is 511 g/mol. The molecule has 0 spiro atoms. The van der Waals surface area contributed by atoms with Crippen LogP contribution in [0.25, 0.3) is 0 Å². The normalized spacial score (nSPS) is 24.1. The molecule has 0 aliphatic carbocycles. The summed E-state index contributed by atoms with van der Waals surface area (Å²) >= 11 is 6.71. The Morgan fingerprint density at radius 1 is 1.36 bits per heavy atom. The van der Waals surface area contributed by atoms with Crippen LogP contribution in [0.3, 0.4) is 0 Å². The van der Waals surface area contributed by atoms with Gasteiger partial charge in [-0.3, -0.25) is 24.2 Å². The summed E-state index contributed by atoms with van der Waals surface area (Å²) in [7, 11) is 0. The number of carbonyl (C=O) groups is 4. The molecule has 3 heterocycles. The maximum atomic E-state index is 12.7. The Labute approximate surface area is 204 Å². The van der Waals surface area contributed by atoms with E-state index in [0.29, 0.717) is 34.5 Å². The lowest BCUT2D eigenvalue weighted by atomic mass is 10.1. The summed E-state index contributed by atoms with van der Waals surface area (Å²) in [5.41, 5.74) is -0.338. The fourth-order valence-electron chi connectivity index (χ4n) is 2.97. The largest absolute Gasteiger partial charge is 0.456 e. The molecule has 2 atom stereocenters. The molecule has 1 aromatic rings. The molecule has 3 rings (SSSR count). The Balaban J connectivity index is 1.70. The van der Waals surface area contributed by atoms with Gasteiger partial charge in [-0.15, -0.1) is 23.1 Å². The summed E-state index contributed by atoms with van der Waals surface area (Å²) in [6, 6.07) is 0. The highest BCUT2D eigenvalue weighted by Crippen LogP contribution is 2.31. The second-order valence-electron chi connectivity index (χ2n) is 7.52. The van der Waals surface area contributed by atoms with Crippen molar-refractivity contribution in [1.82, 2.24) is 20.9 Å². The summed E-state index contributed by atoms with van der Waals surface area (Å²) in [6.07, 6.45) is 2.91. The highest BCUT2D eigenvalue weighted by Gasteiger charge is 2.39. The molecular weight excluding hydrogens is 486 g/mol. The first-order valence-electron chi connectivity index (χ1n) is 10.2. The minimum Gasteiger partial charge on any atom is -0.456 e. The van der Waals surface area contributed by atoms with E-state index in [2.05, 4.69) is 38.6 Å².